The molecule has 0 aliphatic carbocycles. The first-order valence-electron chi connectivity index (χ1n) is 5.91. The van der Waals surface area contributed by atoms with Gasteiger partial charge in [-0.25, -0.2) is 4.79 Å². The Balaban J connectivity index is 2.36. The van der Waals surface area contributed by atoms with Crippen molar-refractivity contribution in [2.75, 3.05) is 7.11 Å². The third kappa shape index (κ3) is 3.45. The second-order valence-corrected chi connectivity index (χ2v) is 5.34. The molecule has 22 heavy (non-hydrogen) atoms. The van der Waals surface area contributed by atoms with Crippen LogP contribution in [0.2, 0.25) is 15.1 Å². The summed E-state index contributed by atoms with van der Waals surface area (Å²) in [6, 6.07) is 9.07. The predicted octanol–water partition coefficient (Wildman–Crippen LogP) is 4.75. The molecule has 0 radical (unpaired) electrons. The van der Waals surface area contributed by atoms with Gasteiger partial charge in [-0.3, -0.25) is 0 Å². The predicted molar refractivity (Wildman–Crippen MR) is 84.1 cm³/mol. The Morgan fingerprint density at radius 1 is 1.09 bits per heavy atom. The van der Waals surface area contributed by atoms with Crippen molar-refractivity contribution < 1.29 is 14.3 Å². The number of benzene rings is 2. The van der Waals surface area contributed by atoms with Gasteiger partial charge in [0.15, 0.2) is 11.5 Å². The lowest BCUT2D eigenvalue weighted by molar-refractivity contribution is 0.0730. The summed E-state index contributed by atoms with van der Waals surface area (Å²) in [4.78, 5) is 12.1. The van der Waals surface area contributed by atoms with Crippen molar-refractivity contribution in [3.8, 4) is 17.6 Å². The number of carbonyl (C=O) groups excluding carboxylic acids is 1. The van der Waals surface area contributed by atoms with Crippen molar-refractivity contribution >= 4 is 40.8 Å². The van der Waals surface area contributed by atoms with Crippen LogP contribution < -0.4 is 9.47 Å². The van der Waals surface area contributed by atoms with E-state index in [0.29, 0.717) is 5.02 Å². The zero-order valence-corrected chi connectivity index (χ0v) is 13.5. The number of carbonyl (C=O) groups is 1. The van der Waals surface area contributed by atoms with E-state index in [4.69, 9.17) is 49.5 Å². The standard InChI is InChI=1S/C15H8Cl3NO3/c1-21-13-5-8(7-19)4-12(18)14(13)22-15(20)9-2-3-10(16)11(17)6-9/h2-6H,1H3. The third-order valence-electron chi connectivity index (χ3n) is 2.71. The Morgan fingerprint density at radius 3 is 2.41 bits per heavy atom. The summed E-state index contributed by atoms with van der Waals surface area (Å²) in [7, 11) is 1.38. The van der Waals surface area contributed by atoms with E-state index >= 15 is 0 Å². The Labute approximate surface area is 141 Å². The van der Waals surface area contributed by atoms with Crippen LogP contribution in [0.15, 0.2) is 30.3 Å². The molecular weight excluding hydrogens is 349 g/mol. The first-order valence-corrected chi connectivity index (χ1v) is 7.04. The third-order valence-corrected chi connectivity index (χ3v) is 3.73. The summed E-state index contributed by atoms with van der Waals surface area (Å²) in [5.41, 5.74) is 0.494. The summed E-state index contributed by atoms with van der Waals surface area (Å²) in [6.07, 6.45) is 0. The van der Waals surface area contributed by atoms with Crippen molar-refractivity contribution in [1.29, 1.82) is 5.26 Å². The molecule has 0 fully saturated rings. The molecule has 0 aliphatic heterocycles. The van der Waals surface area contributed by atoms with Crippen molar-refractivity contribution in [3.63, 3.8) is 0 Å². The average molecular weight is 357 g/mol. The maximum atomic E-state index is 12.1. The number of hydrogen-bond acceptors (Lipinski definition) is 4. The van der Waals surface area contributed by atoms with Crippen LogP contribution in [-0.4, -0.2) is 13.1 Å². The van der Waals surface area contributed by atoms with E-state index in [9.17, 15) is 4.79 Å². The zero-order valence-electron chi connectivity index (χ0n) is 11.2. The molecule has 0 saturated heterocycles. The lowest BCUT2D eigenvalue weighted by Gasteiger charge is -2.11. The van der Waals surface area contributed by atoms with Gasteiger partial charge in [0.2, 0.25) is 0 Å². The fraction of sp³-hybridized carbons (Fsp3) is 0.0667. The first kappa shape index (κ1) is 16.4. The van der Waals surface area contributed by atoms with Crippen molar-refractivity contribution in [2.24, 2.45) is 0 Å². The number of rotatable bonds is 3. The van der Waals surface area contributed by atoms with Gasteiger partial charge in [0.1, 0.15) is 0 Å². The average Bonchev–Trinajstić information content (AvgIpc) is 2.51. The highest BCUT2D eigenvalue weighted by atomic mass is 35.5. The van der Waals surface area contributed by atoms with Gasteiger partial charge in [0, 0.05) is 6.07 Å². The minimum atomic E-state index is -0.677. The monoisotopic (exact) mass is 355 g/mol. The van der Waals surface area contributed by atoms with Gasteiger partial charge in [0.25, 0.3) is 0 Å². The van der Waals surface area contributed by atoms with Gasteiger partial charge in [-0.15, -0.1) is 0 Å². The van der Waals surface area contributed by atoms with E-state index in [2.05, 4.69) is 0 Å². The lowest BCUT2D eigenvalue weighted by Crippen LogP contribution is -2.09. The minimum absolute atomic E-state index is 0.0271. The van der Waals surface area contributed by atoms with Gasteiger partial charge < -0.3 is 9.47 Å². The minimum Gasteiger partial charge on any atom is -0.493 e. The van der Waals surface area contributed by atoms with E-state index in [1.807, 2.05) is 6.07 Å². The molecule has 4 nitrogen and oxygen atoms in total. The summed E-state index contributed by atoms with van der Waals surface area (Å²) in [6.45, 7) is 0. The molecule has 2 aromatic rings. The fourth-order valence-electron chi connectivity index (χ4n) is 1.66. The van der Waals surface area contributed by atoms with E-state index in [1.54, 1.807) is 0 Å². The Morgan fingerprint density at radius 2 is 1.82 bits per heavy atom. The Bertz CT molecular complexity index is 784. The highest BCUT2D eigenvalue weighted by molar-refractivity contribution is 6.42. The van der Waals surface area contributed by atoms with Gasteiger partial charge >= 0.3 is 5.97 Å². The van der Waals surface area contributed by atoms with Crippen LogP contribution in [0.4, 0.5) is 0 Å². The Hall–Kier alpha value is -1.93. The number of nitrogens with zero attached hydrogens (tertiary/aromatic N) is 1. The summed E-state index contributed by atoms with van der Waals surface area (Å²) < 4.78 is 10.3. The molecule has 0 aliphatic rings. The second kappa shape index (κ2) is 6.89. The van der Waals surface area contributed by atoms with Crippen LogP contribution in [0, 0.1) is 11.3 Å². The maximum absolute atomic E-state index is 12.1. The van der Waals surface area contributed by atoms with Gasteiger partial charge in [0.05, 0.1) is 39.4 Å². The molecule has 7 heteroatoms. The molecule has 0 aromatic heterocycles. The van der Waals surface area contributed by atoms with E-state index in [0.717, 1.165) is 0 Å². The molecule has 2 aromatic carbocycles. The van der Waals surface area contributed by atoms with Gasteiger partial charge in [-0.1, -0.05) is 34.8 Å². The molecule has 0 amide bonds. The van der Waals surface area contributed by atoms with E-state index < -0.39 is 5.97 Å². The lowest BCUT2D eigenvalue weighted by atomic mass is 10.2. The highest BCUT2D eigenvalue weighted by Gasteiger charge is 2.18. The van der Waals surface area contributed by atoms with Crippen molar-refractivity contribution in [1.82, 2.24) is 0 Å². The summed E-state index contributed by atoms with van der Waals surface area (Å²) >= 11 is 17.7. The summed E-state index contributed by atoms with van der Waals surface area (Å²) in [5.74, 6) is -0.472. The molecule has 0 saturated carbocycles. The van der Waals surface area contributed by atoms with Crippen LogP contribution >= 0.6 is 34.8 Å². The molecule has 0 spiro atoms. The van der Waals surface area contributed by atoms with Crippen LogP contribution in [0.5, 0.6) is 11.5 Å². The van der Waals surface area contributed by atoms with Crippen molar-refractivity contribution in [3.05, 3.63) is 56.5 Å². The number of halogens is 3. The SMILES string of the molecule is COc1cc(C#N)cc(Cl)c1OC(=O)c1ccc(Cl)c(Cl)c1. The highest BCUT2D eigenvalue weighted by Crippen LogP contribution is 2.37. The number of hydrogen-bond donors (Lipinski definition) is 0. The normalized spacial score (nSPS) is 9.95. The Kier molecular flexibility index (Phi) is 5.15. The number of methoxy groups -OCH3 is 1. The van der Waals surface area contributed by atoms with Crippen LogP contribution in [-0.2, 0) is 0 Å². The molecule has 0 unspecified atom stereocenters. The molecular formula is C15H8Cl3NO3. The van der Waals surface area contributed by atoms with E-state index in [-0.39, 0.29) is 32.7 Å². The largest absolute Gasteiger partial charge is 0.493 e. The van der Waals surface area contributed by atoms with Crippen molar-refractivity contribution in [2.45, 2.75) is 0 Å². The topological polar surface area (TPSA) is 59.3 Å². The molecule has 0 bridgehead atoms. The van der Waals surface area contributed by atoms with Crippen LogP contribution in [0.1, 0.15) is 15.9 Å². The molecule has 2 rings (SSSR count). The van der Waals surface area contributed by atoms with E-state index in [1.165, 1.54) is 37.4 Å². The smallest absolute Gasteiger partial charge is 0.343 e. The quantitative estimate of drug-likeness (QED) is 0.588. The second-order valence-electron chi connectivity index (χ2n) is 4.12. The molecule has 112 valence electrons. The van der Waals surface area contributed by atoms with Gasteiger partial charge in [-0.2, -0.15) is 5.26 Å². The maximum Gasteiger partial charge on any atom is 0.343 e. The zero-order chi connectivity index (χ0) is 16.3. The summed E-state index contributed by atoms with van der Waals surface area (Å²) in [5, 5.41) is 9.53. The van der Waals surface area contributed by atoms with Crippen LogP contribution in [0.25, 0.3) is 0 Å². The molecule has 0 heterocycles. The molecule has 0 atom stereocenters. The number of nitriles is 1. The fourth-order valence-corrected chi connectivity index (χ4v) is 2.21. The van der Waals surface area contributed by atoms with Gasteiger partial charge in [-0.05, 0) is 24.3 Å². The number of ether oxygens (including phenoxy) is 2. The first-order chi connectivity index (χ1) is 10.5. The van der Waals surface area contributed by atoms with Crippen LogP contribution in [0.3, 0.4) is 0 Å². The number of esters is 1. The molecule has 0 N–H and O–H groups in total.